The van der Waals surface area contributed by atoms with Crippen LogP contribution >= 0.6 is 0 Å². The summed E-state index contributed by atoms with van der Waals surface area (Å²) in [6.45, 7) is 4.78. The van der Waals surface area contributed by atoms with Gasteiger partial charge in [0.1, 0.15) is 0 Å². The molecule has 0 radical (unpaired) electrons. The molecule has 6 nitrogen and oxygen atoms in total. The number of rotatable bonds is 4. The van der Waals surface area contributed by atoms with Crippen LogP contribution < -0.4 is 10.1 Å². The Morgan fingerprint density at radius 2 is 2.04 bits per heavy atom. The number of halogens is 1. The maximum Gasteiger partial charge on any atom is 0.377 e. The van der Waals surface area contributed by atoms with Gasteiger partial charge in [0.25, 0.3) is 5.91 Å². The third-order valence-electron chi connectivity index (χ3n) is 3.22. The van der Waals surface area contributed by atoms with E-state index < -0.39 is 23.5 Å². The van der Waals surface area contributed by atoms with Gasteiger partial charge in [0.15, 0.2) is 11.6 Å². The number of carbonyl (C=O) groups is 2. The van der Waals surface area contributed by atoms with Crippen LogP contribution in [0.2, 0.25) is 0 Å². The zero-order valence-corrected chi connectivity index (χ0v) is 13.4. The number of ether oxygens (including phenoxy) is 3. The molecule has 1 aliphatic rings. The minimum atomic E-state index is -1.09. The first kappa shape index (κ1) is 16.8. The Hall–Kier alpha value is -2.57. The molecule has 1 amide bonds. The molecule has 1 fully saturated rings. The molecule has 0 atom stereocenters. The van der Waals surface area contributed by atoms with Crippen molar-refractivity contribution in [3.8, 4) is 5.75 Å². The average Bonchev–Trinajstić information content (AvgIpc) is 2.78. The topological polar surface area (TPSA) is 73.9 Å². The van der Waals surface area contributed by atoms with Gasteiger partial charge in [-0.05, 0) is 24.6 Å². The van der Waals surface area contributed by atoms with Gasteiger partial charge in [0.2, 0.25) is 11.5 Å². The second kappa shape index (κ2) is 6.28. The van der Waals surface area contributed by atoms with Crippen LogP contribution in [0.5, 0.6) is 5.75 Å². The van der Waals surface area contributed by atoms with E-state index in [1.54, 1.807) is 13.8 Å². The van der Waals surface area contributed by atoms with Gasteiger partial charge in [-0.1, -0.05) is 6.07 Å². The highest BCUT2D eigenvalue weighted by atomic mass is 19.1. The molecule has 0 unspecified atom stereocenters. The second-order valence-corrected chi connectivity index (χ2v) is 5.50. The van der Waals surface area contributed by atoms with Gasteiger partial charge in [-0.15, -0.1) is 0 Å². The molecule has 0 saturated carbocycles. The van der Waals surface area contributed by atoms with E-state index in [1.807, 2.05) is 0 Å². The van der Waals surface area contributed by atoms with Crippen molar-refractivity contribution in [2.45, 2.75) is 33.1 Å². The maximum absolute atomic E-state index is 13.3. The number of esters is 1. The standard InChI is InChI=1S/C16H18FNO5/c1-9(13-15(20)23-16(2,3)22-13)14(19)18-8-10-5-6-11(17)12(7-10)21-4/h5-7H,8H2,1-4H3,(H,18,19). The van der Waals surface area contributed by atoms with Crippen molar-refractivity contribution in [3.05, 3.63) is 40.9 Å². The van der Waals surface area contributed by atoms with Gasteiger partial charge in [-0.25, -0.2) is 9.18 Å². The Balaban J connectivity index is 2.06. The van der Waals surface area contributed by atoms with Crippen LogP contribution in [0, 0.1) is 5.82 Å². The van der Waals surface area contributed by atoms with Gasteiger partial charge in [-0.2, -0.15) is 0 Å². The largest absolute Gasteiger partial charge is 0.494 e. The molecule has 1 N–H and O–H groups in total. The number of methoxy groups -OCH3 is 1. The first-order valence-electron chi connectivity index (χ1n) is 6.97. The molecular weight excluding hydrogens is 305 g/mol. The predicted molar refractivity (Wildman–Crippen MR) is 78.8 cm³/mol. The summed E-state index contributed by atoms with van der Waals surface area (Å²) in [6.07, 6.45) is 0. The molecule has 2 rings (SSSR count). The first-order valence-corrected chi connectivity index (χ1v) is 6.97. The highest BCUT2D eigenvalue weighted by Gasteiger charge is 2.39. The van der Waals surface area contributed by atoms with Crippen LogP contribution in [0.4, 0.5) is 4.39 Å². The highest BCUT2D eigenvalue weighted by Crippen LogP contribution is 2.28. The van der Waals surface area contributed by atoms with Crippen molar-refractivity contribution >= 4 is 11.9 Å². The summed E-state index contributed by atoms with van der Waals surface area (Å²) < 4.78 is 28.5. The van der Waals surface area contributed by atoms with Crippen LogP contribution in [0.25, 0.3) is 0 Å². The molecule has 1 saturated heterocycles. The number of carbonyl (C=O) groups excluding carboxylic acids is 2. The molecule has 0 aliphatic carbocycles. The summed E-state index contributed by atoms with van der Waals surface area (Å²) in [5, 5.41) is 2.63. The van der Waals surface area contributed by atoms with Gasteiger partial charge >= 0.3 is 5.97 Å². The van der Waals surface area contributed by atoms with Crippen molar-refractivity contribution in [1.82, 2.24) is 5.32 Å². The molecule has 0 spiro atoms. The molecule has 0 bridgehead atoms. The van der Waals surface area contributed by atoms with Crippen molar-refractivity contribution in [2.24, 2.45) is 0 Å². The van der Waals surface area contributed by atoms with Crippen LogP contribution in [0.3, 0.4) is 0 Å². The highest BCUT2D eigenvalue weighted by molar-refractivity contribution is 6.01. The third-order valence-corrected chi connectivity index (χ3v) is 3.22. The fraction of sp³-hybridized carbons (Fsp3) is 0.375. The molecule has 1 aliphatic heterocycles. The molecule has 1 aromatic carbocycles. The Morgan fingerprint density at radius 1 is 1.35 bits per heavy atom. The maximum atomic E-state index is 13.3. The van der Waals surface area contributed by atoms with Crippen LogP contribution in [0.15, 0.2) is 29.5 Å². The number of benzene rings is 1. The lowest BCUT2D eigenvalue weighted by molar-refractivity contribution is -0.159. The fourth-order valence-corrected chi connectivity index (χ4v) is 2.04. The molecule has 124 valence electrons. The van der Waals surface area contributed by atoms with Crippen molar-refractivity contribution in [2.75, 3.05) is 7.11 Å². The number of nitrogens with one attached hydrogen (secondary N) is 1. The van der Waals surface area contributed by atoms with E-state index in [-0.39, 0.29) is 23.6 Å². The minimum absolute atomic E-state index is 0.0938. The number of hydrogen-bond acceptors (Lipinski definition) is 5. The summed E-state index contributed by atoms with van der Waals surface area (Å²) in [5.41, 5.74) is 0.777. The van der Waals surface area contributed by atoms with Gasteiger partial charge in [0.05, 0.1) is 12.7 Å². The van der Waals surface area contributed by atoms with E-state index in [2.05, 4.69) is 5.32 Å². The third kappa shape index (κ3) is 3.80. The van der Waals surface area contributed by atoms with E-state index in [4.69, 9.17) is 14.2 Å². The summed E-state index contributed by atoms with van der Waals surface area (Å²) in [4.78, 5) is 23.8. The number of cyclic esters (lactones) is 1. The van der Waals surface area contributed by atoms with Crippen molar-refractivity contribution in [3.63, 3.8) is 0 Å². The Bertz CT molecular complexity index is 681. The molecule has 23 heavy (non-hydrogen) atoms. The summed E-state index contributed by atoms with van der Waals surface area (Å²) in [6, 6.07) is 4.27. The Morgan fingerprint density at radius 3 is 2.61 bits per heavy atom. The molecule has 1 heterocycles. The minimum Gasteiger partial charge on any atom is -0.494 e. The first-order chi connectivity index (χ1) is 10.7. The zero-order valence-electron chi connectivity index (χ0n) is 13.4. The smallest absolute Gasteiger partial charge is 0.377 e. The molecule has 0 aromatic heterocycles. The van der Waals surface area contributed by atoms with Crippen LogP contribution in [-0.4, -0.2) is 24.8 Å². The van der Waals surface area contributed by atoms with E-state index in [1.165, 1.54) is 32.2 Å². The van der Waals surface area contributed by atoms with Crippen molar-refractivity contribution < 1.29 is 28.2 Å². The van der Waals surface area contributed by atoms with Gasteiger partial charge in [-0.3, -0.25) is 4.79 Å². The normalized spacial score (nSPS) is 18.0. The zero-order chi connectivity index (χ0) is 17.2. The molecule has 1 aromatic rings. The summed E-state index contributed by atoms with van der Waals surface area (Å²) in [5.74, 6) is -2.73. The predicted octanol–water partition coefficient (Wildman–Crippen LogP) is 2.03. The average molecular weight is 323 g/mol. The van der Waals surface area contributed by atoms with Gasteiger partial charge < -0.3 is 19.5 Å². The lowest BCUT2D eigenvalue weighted by Crippen LogP contribution is -2.25. The van der Waals surface area contributed by atoms with E-state index in [9.17, 15) is 14.0 Å². The quantitative estimate of drug-likeness (QED) is 0.678. The summed E-state index contributed by atoms with van der Waals surface area (Å²) >= 11 is 0. The Kier molecular flexibility index (Phi) is 4.58. The summed E-state index contributed by atoms with van der Waals surface area (Å²) in [7, 11) is 1.36. The number of hydrogen-bond donors (Lipinski definition) is 1. The lowest BCUT2D eigenvalue weighted by atomic mass is 10.2. The van der Waals surface area contributed by atoms with E-state index in [0.29, 0.717) is 5.56 Å². The number of amides is 1. The van der Waals surface area contributed by atoms with E-state index >= 15 is 0 Å². The van der Waals surface area contributed by atoms with Crippen molar-refractivity contribution in [1.29, 1.82) is 0 Å². The van der Waals surface area contributed by atoms with Crippen LogP contribution in [-0.2, 0) is 25.6 Å². The SMILES string of the molecule is COc1cc(CNC(=O)C(C)=C2OC(C)(C)OC2=O)ccc1F. The lowest BCUT2D eigenvalue weighted by Gasteiger charge is -2.14. The van der Waals surface area contributed by atoms with E-state index in [0.717, 1.165) is 0 Å². The van der Waals surface area contributed by atoms with Crippen LogP contribution in [0.1, 0.15) is 26.3 Å². The molecule has 7 heteroatoms. The fourth-order valence-electron chi connectivity index (χ4n) is 2.04. The second-order valence-electron chi connectivity index (χ2n) is 5.50. The monoisotopic (exact) mass is 323 g/mol. The molecular formula is C16H18FNO5. The Labute approximate surface area is 133 Å². The van der Waals surface area contributed by atoms with Gasteiger partial charge in [0, 0.05) is 20.4 Å².